The van der Waals surface area contributed by atoms with Crippen molar-refractivity contribution in [1.82, 2.24) is 40.1 Å². The Balaban J connectivity index is 1.07. The second-order valence-corrected chi connectivity index (χ2v) is 23.5. The molecule has 72 heavy (non-hydrogen) atoms. The third-order valence-corrected chi connectivity index (χ3v) is 17.4. The van der Waals surface area contributed by atoms with E-state index in [9.17, 15) is 14.4 Å². The molecule has 9 heterocycles. The smallest absolute Gasteiger partial charge is 0.325 e. The summed E-state index contributed by atoms with van der Waals surface area (Å²) in [4.78, 5) is 59.6. The zero-order valence-corrected chi connectivity index (χ0v) is 43.7. The number of piperazine rings is 1. The van der Waals surface area contributed by atoms with Crippen LogP contribution in [0.4, 0.5) is 5.69 Å². The second kappa shape index (κ2) is 20.3. The van der Waals surface area contributed by atoms with Crippen molar-refractivity contribution in [2.75, 3.05) is 84.3 Å². The van der Waals surface area contributed by atoms with Gasteiger partial charge in [0.15, 0.2) is 0 Å². The van der Waals surface area contributed by atoms with E-state index in [1.54, 1.807) is 12.1 Å². The van der Waals surface area contributed by atoms with Crippen LogP contribution in [-0.4, -0.2) is 163 Å². The Labute approximate surface area is 427 Å². The largest absolute Gasteiger partial charge is 0.464 e. The highest BCUT2D eigenvalue weighted by Gasteiger charge is 2.52. The van der Waals surface area contributed by atoms with Gasteiger partial charge >= 0.3 is 5.97 Å². The first-order chi connectivity index (χ1) is 34.8. The summed E-state index contributed by atoms with van der Waals surface area (Å²) in [6.07, 6.45) is 8.56. The van der Waals surface area contributed by atoms with Gasteiger partial charge in [0.1, 0.15) is 17.1 Å². The zero-order valence-electron chi connectivity index (χ0n) is 42.9. The van der Waals surface area contributed by atoms with Crippen molar-refractivity contribution in [3.63, 3.8) is 0 Å². The number of rotatable bonds is 12. The Bertz CT molecular complexity index is 2630. The molecule has 17 nitrogen and oxygen atoms in total. The highest BCUT2D eigenvalue weighted by molar-refractivity contribution is 7.10. The van der Waals surface area contributed by atoms with Crippen LogP contribution in [0.3, 0.4) is 0 Å². The lowest BCUT2D eigenvalue weighted by Gasteiger charge is -2.53. The number of anilines is 1. The van der Waals surface area contributed by atoms with E-state index in [4.69, 9.17) is 33.7 Å². The summed E-state index contributed by atoms with van der Waals surface area (Å²) in [7, 11) is 1.74. The molecule has 0 radical (unpaired) electrons. The summed E-state index contributed by atoms with van der Waals surface area (Å²) in [5, 5.41) is 8.36. The molecule has 8 bridgehead atoms. The first-order valence-corrected chi connectivity index (χ1v) is 27.3. The molecule has 6 aliphatic heterocycles. The maximum Gasteiger partial charge on any atom is 0.325 e. The number of esters is 1. The van der Waals surface area contributed by atoms with Crippen LogP contribution in [0.5, 0.6) is 0 Å². The molecule has 3 aromatic heterocycles. The van der Waals surface area contributed by atoms with Gasteiger partial charge in [0, 0.05) is 111 Å². The number of fused-ring (bicyclic) bond motifs is 4. The van der Waals surface area contributed by atoms with Crippen molar-refractivity contribution in [3.8, 4) is 22.5 Å². The van der Waals surface area contributed by atoms with Gasteiger partial charge in [-0.15, -0.1) is 11.3 Å². The van der Waals surface area contributed by atoms with E-state index >= 15 is 0 Å². The number of hydrogen-bond donors (Lipinski definition) is 2. The van der Waals surface area contributed by atoms with E-state index in [1.165, 1.54) is 24.2 Å². The molecule has 8 aliphatic rings. The van der Waals surface area contributed by atoms with Gasteiger partial charge in [-0.05, 0) is 89.0 Å². The molecule has 2 aliphatic carbocycles. The highest BCUT2D eigenvalue weighted by atomic mass is 32.1. The minimum absolute atomic E-state index is 0.0318. The van der Waals surface area contributed by atoms with Crippen LogP contribution >= 0.6 is 11.3 Å². The molecule has 0 unspecified atom stereocenters. The monoisotopic (exact) mass is 1010 g/mol. The van der Waals surface area contributed by atoms with Gasteiger partial charge in [-0.1, -0.05) is 19.9 Å². The van der Waals surface area contributed by atoms with E-state index < -0.39 is 23.5 Å². The van der Waals surface area contributed by atoms with Crippen molar-refractivity contribution in [1.29, 1.82) is 0 Å². The van der Waals surface area contributed by atoms with E-state index in [1.807, 2.05) is 6.20 Å². The Kier molecular flexibility index (Phi) is 14.0. The molecule has 2 saturated carbocycles. The molecule has 5 saturated heterocycles. The quantitative estimate of drug-likeness (QED) is 0.127. The van der Waals surface area contributed by atoms with Crippen molar-refractivity contribution in [3.05, 3.63) is 52.1 Å². The van der Waals surface area contributed by atoms with Crippen LogP contribution in [0, 0.1) is 11.3 Å². The summed E-state index contributed by atoms with van der Waals surface area (Å²) < 4.78 is 33.6. The predicted molar refractivity (Wildman–Crippen MR) is 274 cm³/mol. The van der Waals surface area contributed by atoms with Gasteiger partial charge in [0.05, 0.1) is 79.2 Å². The number of carbonyl (C=O) groups is 3. The van der Waals surface area contributed by atoms with E-state index in [-0.39, 0.29) is 48.3 Å². The molecule has 2 N–H and O–H groups in total. The van der Waals surface area contributed by atoms with Gasteiger partial charge in [-0.3, -0.25) is 34.2 Å². The number of pyridine rings is 1. The zero-order chi connectivity index (χ0) is 49.9. The summed E-state index contributed by atoms with van der Waals surface area (Å²) >= 11 is 1.49. The van der Waals surface area contributed by atoms with Gasteiger partial charge in [0.2, 0.25) is 6.41 Å². The molecule has 1 aromatic carbocycles. The fourth-order valence-electron chi connectivity index (χ4n) is 12.3. The number of thiazole rings is 1. The predicted octanol–water partition coefficient (Wildman–Crippen LogP) is 5.90. The number of morpholine rings is 1. The molecular formula is C54H73N9O8S. The molecule has 388 valence electrons. The number of ether oxygens (including phenoxy) is 5. The molecular weight excluding hydrogens is 935 g/mol. The fourth-order valence-corrected chi connectivity index (χ4v) is 13.3. The third-order valence-electron chi connectivity index (χ3n) is 16.5. The van der Waals surface area contributed by atoms with Crippen molar-refractivity contribution in [2.45, 2.75) is 134 Å². The number of cyclic esters (lactones) is 1. The Morgan fingerprint density at radius 2 is 1.78 bits per heavy atom. The molecule has 5 atom stereocenters. The number of aromatic nitrogens is 3. The van der Waals surface area contributed by atoms with Crippen LogP contribution in [-0.2, 0) is 51.0 Å². The lowest BCUT2D eigenvalue weighted by Crippen LogP contribution is -2.72. The number of methoxy groups -OCH3 is 1. The van der Waals surface area contributed by atoms with Crippen molar-refractivity contribution < 1.29 is 38.1 Å². The maximum atomic E-state index is 14.9. The standard InChI is InChI=1S/C54H73N9O8S/c1-33(67-6)45-41(26-38(29-55-45)60-14-12-59(13-15-60)36-8-9-36)48-42-28-53(2,3)31-70-52(66)46-35-23-37(24-35)63(58-46)51(65)47(56-32-64)49(61-16-20-68-21-17-61)50-57-43(30-72-50)34-7-10-44(40(42)25-34)62(48)18-22-69-39-11-19-71-54(4,5)27-39/h7,10,25-26,29-30,32-33,35-37,39,46-47,49,58H,8-9,11-24,27-28,31H2,1-6H3,(H,56,64)/t33-,35?,37?,39-,46-,47-,49-/m0/s1. The van der Waals surface area contributed by atoms with Crippen LogP contribution in [0.15, 0.2) is 35.8 Å². The Hall–Kier alpha value is -4.53. The second-order valence-electron chi connectivity index (χ2n) is 22.6. The summed E-state index contributed by atoms with van der Waals surface area (Å²) in [6.45, 7) is 18.6. The Morgan fingerprint density at radius 3 is 2.51 bits per heavy atom. The minimum Gasteiger partial charge on any atom is -0.464 e. The van der Waals surface area contributed by atoms with Gasteiger partial charge in [-0.2, -0.15) is 0 Å². The molecule has 12 rings (SSSR count). The Morgan fingerprint density at radius 1 is 0.986 bits per heavy atom. The van der Waals surface area contributed by atoms with Gasteiger partial charge < -0.3 is 38.5 Å². The lowest BCUT2D eigenvalue weighted by molar-refractivity contribution is -0.172. The molecule has 18 heteroatoms. The van der Waals surface area contributed by atoms with Crippen LogP contribution in [0.25, 0.3) is 33.4 Å². The number of nitrogens with zero attached hydrogens (tertiary/aromatic N) is 7. The number of hydrogen-bond acceptors (Lipinski definition) is 15. The first-order valence-electron chi connectivity index (χ1n) is 26.4. The minimum atomic E-state index is -0.978. The average Bonchev–Trinajstić information content (AvgIpc) is 4.04. The van der Waals surface area contributed by atoms with E-state index in [0.717, 1.165) is 95.4 Å². The number of nitrogens with one attached hydrogen (secondary N) is 2. The summed E-state index contributed by atoms with van der Waals surface area (Å²) in [5.74, 6) is -0.652. The van der Waals surface area contributed by atoms with E-state index in [2.05, 4.69) is 94.3 Å². The van der Waals surface area contributed by atoms with Gasteiger partial charge in [-0.25, -0.2) is 10.4 Å². The third kappa shape index (κ3) is 9.94. The van der Waals surface area contributed by atoms with Gasteiger partial charge in [0.25, 0.3) is 5.91 Å². The topological polar surface area (TPSA) is 165 Å². The van der Waals surface area contributed by atoms with Crippen LogP contribution in [0.1, 0.15) is 102 Å². The van der Waals surface area contributed by atoms with Crippen molar-refractivity contribution >= 4 is 46.2 Å². The molecule has 7 fully saturated rings. The molecule has 0 spiro atoms. The lowest BCUT2D eigenvalue weighted by atomic mass is 9.73. The van der Waals surface area contributed by atoms with Crippen molar-refractivity contribution in [2.24, 2.45) is 11.3 Å². The van der Waals surface area contributed by atoms with Crippen LogP contribution in [0.2, 0.25) is 0 Å². The number of carbonyl (C=O) groups excluding carboxylic acids is 3. The normalized spacial score (nSPS) is 28.5. The molecule has 4 aromatic rings. The highest BCUT2D eigenvalue weighted by Crippen LogP contribution is 2.45. The fraction of sp³-hybridized carbons (Fsp3) is 0.648. The number of hydrazine groups is 1. The summed E-state index contributed by atoms with van der Waals surface area (Å²) in [6, 6.07) is 7.30. The maximum absolute atomic E-state index is 14.9. The number of benzene rings is 1. The first kappa shape index (κ1) is 49.7. The number of amides is 2. The average molecular weight is 1010 g/mol. The summed E-state index contributed by atoms with van der Waals surface area (Å²) in [5.41, 5.74) is 10.4. The van der Waals surface area contributed by atoms with E-state index in [0.29, 0.717) is 76.7 Å². The van der Waals surface area contributed by atoms with Crippen LogP contribution < -0.4 is 15.6 Å². The molecule has 2 amide bonds. The SMILES string of the molecule is CO[C@@H](C)c1ncc(N2CCN(C3CC3)CC2)cc1-c1c2c3cc(ccc3n1CCO[C@H]1CCOC(C)(C)C1)-c1csc(n1)[C@@H](N1CCOCC1)[C@H](NC=O)C(=O)N1N[C@H](C(=O)OCC(C)(C)C2)C2CC1C2.